The Morgan fingerprint density at radius 3 is 2.85 bits per heavy atom. The van der Waals surface area contributed by atoms with Gasteiger partial charge in [0, 0.05) is 19.1 Å². The number of benzene rings is 1. The molecule has 8 nitrogen and oxygen atoms in total. The minimum absolute atomic E-state index is 0.131. The number of nitriles is 1. The van der Waals surface area contributed by atoms with Crippen LogP contribution in [0, 0.1) is 11.3 Å². The number of likely N-dealkylation sites (tertiary alicyclic amines) is 1. The second kappa shape index (κ2) is 9.64. The van der Waals surface area contributed by atoms with E-state index in [4.69, 9.17) is 5.26 Å². The number of carbonyl (C=O) groups excluding carboxylic acids is 2. The summed E-state index contributed by atoms with van der Waals surface area (Å²) in [6.07, 6.45) is -1.31. The zero-order chi connectivity index (χ0) is 23.5. The molecule has 0 spiro atoms. The van der Waals surface area contributed by atoms with E-state index in [1.54, 1.807) is 27.7 Å². The summed E-state index contributed by atoms with van der Waals surface area (Å²) in [6.45, 7) is 0.726. The van der Waals surface area contributed by atoms with Crippen molar-refractivity contribution in [1.82, 2.24) is 14.5 Å². The Labute approximate surface area is 192 Å². The highest BCUT2D eigenvalue weighted by molar-refractivity contribution is 7.14. The van der Waals surface area contributed by atoms with Crippen molar-refractivity contribution in [3.8, 4) is 6.07 Å². The van der Waals surface area contributed by atoms with Crippen LogP contribution in [0.25, 0.3) is 11.0 Å². The number of alkyl halides is 2. The molecule has 0 radical (unpaired) electrons. The number of amides is 2. The summed E-state index contributed by atoms with van der Waals surface area (Å²) >= 11 is 0.714. The highest BCUT2D eigenvalue weighted by atomic mass is 32.1. The first-order valence-electron chi connectivity index (χ1n) is 10.4. The highest BCUT2D eigenvalue weighted by Gasteiger charge is 2.30. The number of aromatic nitrogens is 2. The summed E-state index contributed by atoms with van der Waals surface area (Å²) < 4.78 is 27.6. The maximum atomic E-state index is 12.9. The van der Waals surface area contributed by atoms with Gasteiger partial charge in [-0.3, -0.25) is 14.9 Å². The van der Waals surface area contributed by atoms with Gasteiger partial charge in [-0.05, 0) is 42.7 Å². The molecule has 2 amide bonds. The van der Waals surface area contributed by atoms with Crippen molar-refractivity contribution in [2.75, 3.05) is 11.9 Å². The first-order chi connectivity index (χ1) is 15.9. The van der Waals surface area contributed by atoms with E-state index in [0.717, 1.165) is 12.8 Å². The lowest BCUT2D eigenvalue weighted by atomic mass is 10.2. The van der Waals surface area contributed by atoms with Gasteiger partial charge in [0.2, 0.25) is 11.9 Å². The van der Waals surface area contributed by atoms with Gasteiger partial charge < -0.3 is 14.6 Å². The largest absolute Gasteiger partial charge is 0.392 e. The fourth-order valence-electron chi connectivity index (χ4n) is 4.04. The molecule has 0 unspecified atom stereocenters. The number of aliphatic hydroxyl groups excluding tert-OH is 1. The molecule has 0 bridgehead atoms. The number of hydrogen-bond donors (Lipinski definition) is 2. The predicted octanol–water partition coefficient (Wildman–Crippen LogP) is 3.68. The zero-order valence-corrected chi connectivity index (χ0v) is 18.3. The standard InChI is InChI=1S/C22H21F2N5O3S/c23-20(24)17-5-6-18(33-17)21(32)27-22-26-15-10-13(12-30)3-4-16(15)29(22)11-14-2-1-9-28(14)19(31)7-8-25/h3-6,10,14,20,30H,1-2,7,9,11-12H2,(H,26,27,32)/t14-/m1/s1. The lowest BCUT2D eigenvalue weighted by Gasteiger charge is -2.25. The molecule has 1 aromatic carbocycles. The first kappa shape index (κ1) is 22.8. The summed E-state index contributed by atoms with van der Waals surface area (Å²) in [4.78, 5) is 31.2. The molecule has 1 aliphatic heterocycles. The third-order valence-corrected chi connectivity index (χ3v) is 6.70. The lowest BCUT2D eigenvalue weighted by Crippen LogP contribution is -2.38. The predicted molar refractivity (Wildman–Crippen MR) is 118 cm³/mol. The molecule has 4 rings (SSSR count). The topological polar surface area (TPSA) is 111 Å². The molecule has 11 heteroatoms. The van der Waals surface area contributed by atoms with E-state index >= 15 is 0 Å². The Morgan fingerprint density at radius 2 is 2.15 bits per heavy atom. The Hall–Kier alpha value is -3.36. The van der Waals surface area contributed by atoms with E-state index in [1.807, 2.05) is 6.07 Å². The van der Waals surface area contributed by atoms with Crippen LogP contribution < -0.4 is 5.32 Å². The van der Waals surface area contributed by atoms with E-state index in [2.05, 4.69) is 10.3 Å². The third-order valence-electron chi connectivity index (χ3n) is 5.61. The summed E-state index contributed by atoms with van der Waals surface area (Å²) in [7, 11) is 0. The first-order valence-corrected chi connectivity index (χ1v) is 11.2. The molecule has 1 fully saturated rings. The monoisotopic (exact) mass is 473 g/mol. The minimum atomic E-state index is -2.66. The molecule has 2 aromatic heterocycles. The van der Waals surface area contributed by atoms with Crippen LogP contribution in [0.3, 0.4) is 0 Å². The second-order valence-electron chi connectivity index (χ2n) is 7.70. The Bertz CT molecular complexity index is 1230. The van der Waals surface area contributed by atoms with Crippen LogP contribution in [0.1, 0.15) is 45.8 Å². The zero-order valence-electron chi connectivity index (χ0n) is 17.5. The molecule has 33 heavy (non-hydrogen) atoms. The van der Waals surface area contributed by atoms with Gasteiger partial charge in [0.25, 0.3) is 12.3 Å². The molecule has 1 aliphatic rings. The van der Waals surface area contributed by atoms with Crippen LogP contribution in [0.4, 0.5) is 14.7 Å². The normalized spacial score (nSPS) is 15.8. The number of hydrogen-bond acceptors (Lipinski definition) is 6. The maximum absolute atomic E-state index is 12.9. The van der Waals surface area contributed by atoms with Crippen LogP contribution in [0.5, 0.6) is 0 Å². The van der Waals surface area contributed by atoms with Gasteiger partial charge in [0.1, 0.15) is 6.42 Å². The summed E-state index contributed by atoms with van der Waals surface area (Å²) in [6, 6.07) is 9.50. The van der Waals surface area contributed by atoms with Crippen LogP contribution in [0.15, 0.2) is 30.3 Å². The number of aliphatic hydroxyl groups is 1. The maximum Gasteiger partial charge on any atom is 0.272 e. The fourth-order valence-corrected chi connectivity index (χ4v) is 4.80. The number of thiophene rings is 1. The quantitative estimate of drug-likeness (QED) is 0.544. The lowest BCUT2D eigenvalue weighted by molar-refractivity contribution is -0.131. The number of nitrogens with zero attached hydrogens (tertiary/aromatic N) is 4. The molecular weight excluding hydrogens is 452 g/mol. The number of fused-ring (bicyclic) bond motifs is 1. The molecule has 3 aromatic rings. The molecule has 172 valence electrons. The van der Waals surface area contributed by atoms with Crippen LogP contribution >= 0.6 is 11.3 Å². The Kier molecular flexibility index (Phi) is 6.67. The minimum Gasteiger partial charge on any atom is -0.392 e. The van der Waals surface area contributed by atoms with Crippen molar-refractivity contribution in [2.45, 2.75) is 44.9 Å². The van der Waals surface area contributed by atoms with E-state index in [9.17, 15) is 23.5 Å². The number of carbonyl (C=O) groups is 2. The molecule has 1 atom stereocenters. The van der Waals surface area contributed by atoms with Crippen molar-refractivity contribution < 1.29 is 23.5 Å². The van der Waals surface area contributed by atoms with Crippen LogP contribution in [-0.2, 0) is 17.9 Å². The van der Waals surface area contributed by atoms with Crippen LogP contribution in [0.2, 0.25) is 0 Å². The van der Waals surface area contributed by atoms with Crippen molar-refractivity contribution in [3.63, 3.8) is 0 Å². The highest BCUT2D eigenvalue weighted by Crippen LogP contribution is 2.29. The molecule has 3 heterocycles. The summed E-state index contributed by atoms with van der Waals surface area (Å²) in [5.41, 5.74) is 1.89. The van der Waals surface area contributed by atoms with E-state index < -0.39 is 12.3 Å². The van der Waals surface area contributed by atoms with E-state index in [1.165, 1.54) is 12.1 Å². The fraction of sp³-hybridized carbons (Fsp3) is 0.364. The smallest absolute Gasteiger partial charge is 0.272 e. The van der Waals surface area contributed by atoms with Gasteiger partial charge in [-0.15, -0.1) is 11.3 Å². The molecule has 0 aliphatic carbocycles. The van der Waals surface area contributed by atoms with Gasteiger partial charge in [-0.2, -0.15) is 5.26 Å². The van der Waals surface area contributed by atoms with Crippen molar-refractivity contribution >= 4 is 40.1 Å². The van der Waals surface area contributed by atoms with E-state index in [0.29, 0.717) is 41.0 Å². The van der Waals surface area contributed by atoms with Gasteiger partial charge in [-0.1, -0.05) is 6.07 Å². The number of anilines is 1. The van der Waals surface area contributed by atoms with Crippen molar-refractivity contribution in [2.24, 2.45) is 0 Å². The molecule has 0 saturated carbocycles. The van der Waals surface area contributed by atoms with Gasteiger partial charge >= 0.3 is 0 Å². The number of nitrogens with one attached hydrogen (secondary N) is 1. The van der Waals surface area contributed by atoms with Gasteiger partial charge in [-0.25, -0.2) is 13.8 Å². The summed E-state index contributed by atoms with van der Waals surface area (Å²) in [5.74, 6) is -0.581. The number of imidazole rings is 1. The van der Waals surface area contributed by atoms with Gasteiger partial charge in [0.15, 0.2) is 0 Å². The molecular formula is C22H21F2N5O3S. The number of rotatable bonds is 7. The van der Waals surface area contributed by atoms with Gasteiger partial charge in [0.05, 0.1) is 33.5 Å². The van der Waals surface area contributed by atoms with Crippen molar-refractivity contribution in [1.29, 1.82) is 5.26 Å². The average molecular weight is 474 g/mol. The van der Waals surface area contributed by atoms with Crippen molar-refractivity contribution in [3.05, 3.63) is 45.6 Å². The van der Waals surface area contributed by atoms with E-state index in [-0.39, 0.29) is 40.7 Å². The number of halogens is 2. The molecule has 2 N–H and O–H groups in total. The second-order valence-corrected chi connectivity index (χ2v) is 8.82. The third kappa shape index (κ3) is 4.72. The molecule has 1 saturated heterocycles. The SMILES string of the molecule is N#CCC(=O)N1CCC[C@@H]1Cn1c(NC(=O)c2ccc(C(F)F)s2)nc2cc(CO)ccc21. The average Bonchev–Trinajstić information content (AvgIpc) is 3.53. The van der Waals surface area contributed by atoms with Crippen LogP contribution in [-0.4, -0.2) is 44.0 Å². The Morgan fingerprint density at radius 1 is 1.33 bits per heavy atom. The summed E-state index contributed by atoms with van der Waals surface area (Å²) in [5, 5.41) is 21.1. The Balaban J connectivity index is 1.66.